The predicted molar refractivity (Wildman–Crippen MR) is 192 cm³/mol. The number of thiophene rings is 1. The van der Waals surface area contributed by atoms with Crippen LogP contribution in [0.4, 0.5) is 43.0 Å². The van der Waals surface area contributed by atoms with Crippen LogP contribution in [0.25, 0.3) is 32.1 Å². The number of alkyl halides is 4. The summed E-state index contributed by atoms with van der Waals surface area (Å²) in [6, 6.07) is 6.01. The van der Waals surface area contributed by atoms with Crippen LogP contribution in [0.1, 0.15) is 48.4 Å². The van der Waals surface area contributed by atoms with E-state index in [1.54, 1.807) is 23.1 Å². The van der Waals surface area contributed by atoms with Gasteiger partial charge in [0.2, 0.25) is 0 Å². The van der Waals surface area contributed by atoms with Crippen molar-refractivity contribution in [2.24, 2.45) is 0 Å². The van der Waals surface area contributed by atoms with Gasteiger partial charge in [-0.2, -0.15) is 28.4 Å². The first-order valence-electron chi connectivity index (χ1n) is 17.1. The minimum absolute atomic E-state index is 0.0526. The van der Waals surface area contributed by atoms with E-state index in [4.69, 9.17) is 20.9 Å². The molecule has 0 bridgehead atoms. The van der Waals surface area contributed by atoms with Gasteiger partial charge in [-0.3, -0.25) is 4.90 Å². The summed E-state index contributed by atoms with van der Waals surface area (Å²) in [5.74, 6) is -3.03. The molecule has 3 aromatic heterocycles. The third-order valence-electron chi connectivity index (χ3n) is 10.6. The first-order chi connectivity index (χ1) is 25.9. The number of nitrogens with two attached hydrogens (primary N) is 2. The van der Waals surface area contributed by atoms with Crippen LogP contribution in [0.15, 0.2) is 43.1 Å². The Morgan fingerprint density at radius 1 is 1.19 bits per heavy atom. The minimum atomic E-state index is -5.25. The fraction of sp³-hybridized carbons (Fsp3) is 0.351. The number of anilines is 3. The van der Waals surface area contributed by atoms with Gasteiger partial charge in [-0.15, -0.1) is 17.9 Å². The van der Waals surface area contributed by atoms with Gasteiger partial charge < -0.3 is 25.8 Å². The van der Waals surface area contributed by atoms with Gasteiger partial charge in [-0.1, -0.05) is 18.2 Å². The monoisotopic (exact) mass is 766 g/mol. The topological polar surface area (TPSA) is 139 Å². The lowest BCUT2D eigenvalue weighted by Crippen LogP contribution is -2.43. The predicted octanol–water partition coefficient (Wildman–Crippen LogP) is 7.71. The molecule has 0 radical (unpaired) electrons. The highest BCUT2D eigenvalue weighted by Crippen LogP contribution is 2.54. The average Bonchev–Trinajstić information content (AvgIpc) is 3.73. The Balaban J connectivity index is 1.43. The van der Waals surface area contributed by atoms with E-state index >= 15 is 22.0 Å². The zero-order valence-corrected chi connectivity index (χ0v) is 29.3. The van der Waals surface area contributed by atoms with Gasteiger partial charge in [-0.25, -0.2) is 18.2 Å². The molecule has 17 heteroatoms. The number of halogens is 6. The van der Waals surface area contributed by atoms with Gasteiger partial charge in [0.25, 0.3) is 0 Å². The fourth-order valence-corrected chi connectivity index (χ4v) is 9.26. The van der Waals surface area contributed by atoms with Crippen LogP contribution in [0.3, 0.4) is 0 Å². The SMILES string of the molecule is C=CC[C@H](c1cccnc1N)N1CCOc2c(C(F)(F)F)c(-c3ccc(F)c4sc(N)c(C#N)c34)c(F)c3nc(OCC45CCCN4C[C@H](F)C5)nc1c23. The Bertz CT molecular complexity index is 2380. The summed E-state index contributed by atoms with van der Waals surface area (Å²) in [7, 11) is 0. The van der Waals surface area contributed by atoms with Crippen molar-refractivity contribution in [3.8, 4) is 29.0 Å². The summed E-state index contributed by atoms with van der Waals surface area (Å²) in [5.41, 5.74) is 8.35. The third-order valence-corrected chi connectivity index (χ3v) is 11.6. The van der Waals surface area contributed by atoms with Crippen LogP contribution < -0.4 is 25.8 Å². The molecule has 0 amide bonds. The number of ether oxygens (including phenoxy) is 2. The number of aromatic nitrogens is 3. The number of rotatable bonds is 8. The lowest BCUT2D eigenvalue weighted by atomic mass is 9.91. The molecule has 8 rings (SSSR count). The van der Waals surface area contributed by atoms with Crippen molar-refractivity contribution in [1.82, 2.24) is 19.9 Å². The zero-order chi connectivity index (χ0) is 38.1. The van der Waals surface area contributed by atoms with Gasteiger partial charge in [0.05, 0.1) is 33.8 Å². The van der Waals surface area contributed by atoms with Crippen LogP contribution in [0.2, 0.25) is 0 Å². The standard InChI is InChI=1S/C37H32F6N8O2S/c1-2-5-23(19-6-3-10-47-32(19)45)51-12-13-52-30-26-29(48-35(49-34(26)51)53-17-36-9-4-11-50(36)16-18(38)14-36)28(40)25(27(30)37(41,42)43)20-7-8-22(39)31-24(20)21(15-44)33(46)54-31/h2-3,6-8,10,18,23H,1,4-5,9,11-14,16-17,46H2,(H2,45,47)/t18-,23-,36?/m1/s1. The van der Waals surface area contributed by atoms with Crippen LogP contribution in [-0.2, 0) is 6.18 Å². The van der Waals surface area contributed by atoms with Crippen LogP contribution in [-0.4, -0.2) is 64.4 Å². The van der Waals surface area contributed by atoms with Crippen molar-refractivity contribution < 1.29 is 35.8 Å². The highest BCUT2D eigenvalue weighted by atomic mass is 32.1. The Morgan fingerprint density at radius 3 is 2.74 bits per heavy atom. The summed E-state index contributed by atoms with van der Waals surface area (Å²) in [6.45, 7) is 4.34. The number of hydrogen-bond donors (Lipinski definition) is 2. The largest absolute Gasteiger partial charge is 0.490 e. The number of nitrogen functional groups attached to an aromatic ring is 2. The van der Waals surface area contributed by atoms with Gasteiger partial charge in [0.1, 0.15) is 64.7 Å². The molecule has 0 spiro atoms. The van der Waals surface area contributed by atoms with Gasteiger partial charge in [0, 0.05) is 35.7 Å². The fourth-order valence-electron chi connectivity index (χ4n) is 8.31. The maximum absolute atomic E-state index is 17.5. The van der Waals surface area contributed by atoms with Crippen LogP contribution in [0, 0.1) is 23.0 Å². The molecular formula is C37H32F6N8O2S. The van der Waals surface area contributed by atoms with E-state index in [0.29, 0.717) is 29.9 Å². The van der Waals surface area contributed by atoms with E-state index in [0.717, 1.165) is 18.6 Å². The summed E-state index contributed by atoms with van der Waals surface area (Å²) in [6.07, 6.45) is -1.35. The number of benzene rings is 2. The van der Waals surface area contributed by atoms with Crippen molar-refractivity contribution in [1.29, 1.82) is 5.26 Å². The van der Waals surface area contributed by atoms with E-state index in [9.17, 15) is 9.65 Å². The third kappa shape index (κ3) is 5.61. The first kappa shape index (κ1) is 35.7. The number of fused-ring (bicyclic) bond motifs is 2. The Morgan fingerprint density at radius 2 is 2.00 bits per heavy atom. The van der Waals surface area contributed by atoms with Gasteiger partial charge in [-0.05, 0) is 43.5 Å². The molecule has 0 aliphatic carbocycles. The Kier molecular flexibility index (Phi) is 8.72. The second-order valence-electron chi connectivity index (χ2n) is 13.6. The molecule has 5 aromatic rings. The number of pyridine rings is 1. The summed E-state index contributed by atoms with van der Waals surface area (Å²) >= 11 is 0.663. The van der Waals surface area contributed by atoms with E-state index in [-0.39, 0.29) is 82.8 Å². The Hall–Kier alpha value is -5.34. The molecule has 10 nitrogen and oxygen atoms in total. The van der Waals surface area contributed by atoms with Gasteiger partial charge in [0.15, 0.2) is 5.82 Å². The highest BCUT2D eigenvalue weighted by molar-refractivity contribution is 7.23. The minimum Gasteiger partial charge on any atom is -0.490 e. The number of hydrogen-bond acceptors (Lipinski definition) is 11. The molecule has 0 saturated carbocycles. The quantitative estimate of drug-likeness (QED) is 0.119. The average molecular weight is 767 g/mol. The van der Waals surface area contributed by atoms with E-state index in [1.807, 2.05) is 11.0 Å². The number of nitriles is 1. The molecule has 54 heavy (non-hydrogen) atoms. The molecule has 6 heterocycles. The van der Waals surface area contributed by atoms with Crippen molar-refractivity contribution in [3.05, 3.63) is 71.4 Å². The molecule has 3 aliphatic heterocycles. The number of nitrogens with zero attached hydrogens (tertiary/aromatic N) is 6. The normalized spacial score (nSPS) is 20.5. The molecule has 1 unspecified atom stereocenters. The second-order valence-corrected chi connectivity index (χ2v) is 14.7. The molecule has 2 saturated heterocycles. The lowest BCUT2D eigenvalue weighted by molar-refractivity contribution is -0.138. The molecule has 3 aliphatic rings. The zero-order valence-electron chi connectivity index (χ0n) is 28.5. The van der Waals surface area contributed by atoms with Crippen LogP contribution in [0.5, 0.6) is 11.8 Å². The van der Waals surface area contributed by atoms with Crippen molar-refractivity contribution in [2.45, 2.75) is 49.6 Å². The molecule has 4 N–H and O–H groups in total. The summed E-state index contributed by atoms with van der Waals surface area (Å²) in [5, 5.41) is 9.13. The van der Waals surface area contributed by atoms with E-state index < -0.39 is 63.5 Å². The van der Waals surface area contributed by atoms with Crippen LogP contribution >= 0.6 is 11.3 Å². The molecule has 280 valence electrons. The summed E-state index contributed by atoms with van der Waals surface area (Å²) in [4.78, 5) is 16.9. The highest BCUT2D eigenvalue weighted by Gasteiger charge is 2.50. The maximum atomic E-state index is 17.5. The second kappa shape index (κ2) is 13.2. The van der Waals surface area contributed by atoms with Crippen molar-refractivity contribution in [2.75, 3.05) is 49.2 Å². The first-order valence-corrected chi connectivity index (χ1v) is 18.0. The van der Waals surface area contributed by atoms with Crippen molar-refractivity contribution >= 4 is 49.0 Å². The Labute approximate surface area is 308 Å². The van der Waals surface area contributed by atoms with Crippen molar-refractivity contribution in [3.63, 3.8) is 0 Å². The smallest absolute Gasteiger partial charge is 0.420 e. The molecule has 2 aromatic carbocycles. The van der Waals surface area contributed by atoms with E-state index in [1.165, 1.54) is 6.20 Å². The maximum Gasteiger partial charge on any atom is 0.420 e. The lowest BCUT2D eigenvalue weighted by Gasteiger charge is -2.33. The van der Waals surface area contributed by atoms with Gasteiger partial charge >= 0.3 is 12.2 Å². The molecule has 2 fully saturated rings. The summed E-state index contributed by atoms with van der Waals surface area (Å²) < 4.78 is 106. The molecular weight excluding hydrogens is 735 g/mol. The van der Waals surface area contributed by atoms with E-state index in [2.05, 4.69) is 21.5 Å². The molecule has 3 atom stereocenters.